The number of phenols is 3. The predicted molar refractivity (Wildman–Crippen MR) is 512 cm³/mol. The molecular weight excluding hydrogens is 2090 g/mol. The summed E-state index contributed by atoms with van der Waals surface area (Å²) in [4.78, 5) is 12.8. The molecule has 4 saturated heterocycles. The van der Waals surface area contributed by atoms with Gasteiger partial charge in [-0.05, 0) is 303 Å². The van der Waals surface area contributed by atoms with E-state index in [-0.39, 0.29) is 93.1 Å². The van der Waals surface area contributed by atoms with Crippen molar-refractivity contribution < 1.29 is 172 Å². The Kier molecular flexibility index (Phi) is 36.7. The number of alkyl halides is 18. The Bertz CT molecular complexity index is 6110. The smallest absolute Gasteiger partial charge is 0.494 e. The van der Waals surface area contributed by atoms with Crippen LogP contribution in [0.3, 0.4) is 0 Å². The average molecular weight is 2190 g/mol. The van der Waals surface area contributed by atoms with E-state index in [0.717, 1.165) is 57.2 Å². The van der Waals surface area contributed by atoms with Crippen LogP contribution in [0, 0.1) is 0 Å². The number of aromatic nitrogens is 3. The number of halogens is 22. The van der Waals surface area contributed by atoms with E-state index < -0.39 is 85.5 Å². The molecule has 0 saturated carbocycles. The van der Waals surface area contributed by atoms with E-state index in [2.05, 4.69) is 29.8 Å². The molecule has 0 amide bonds. The molecule has 146 heavy (non-hydrogen) atoms. The molecule has 0 atom stereocenters. The summed E-state index contributed by atoms with van der Waals surface area (Å²) < 4.78 is 340. The lowest BCUT2D eigenvalue weighted by Crippen LogP contribution is -2.63. The zero-order chi connectivity index (χ0) is 109. The van der Waals surface area contributed by atoms with E-state index in [4.69, 9.17) is 106 Å². The lowest BCUT2D eigenvalue weighted by atomic mass is 9.49. The number of hydrogen-bond donors (Lipinski definition) is 3. The minimum Gasteiger partial charge on any atom is -0.508 e. The van der Waals surface area contributed by atoms with Crippen molar-refractivity contribution in [3.05, 3.63) is 270 Å². The average Bonchev–Trinajstić information content (AvgIpc) is 1.51. The molecule has 4 aliphatic rings. The topological polar surface area (TPSA) is 288 Å². The lowest BCUT2D eigenvalue weighted by Gasteiger charge is -2.32. The Balaban J connectivity index is 0.000000192. The van der Waals surface area contributed by atoms with Crippen LogP contribution in [0.1, 0.15) is 111 Å². The van der Waals surface area contributed by atoms with Gasteiger partial charge in [0.05, 0.1) is 44.8 Å². The maximum absolute atomic E-state index is 13.6. The summed E-state index contributed by atoms with van der Waals surface area (Å²) in [5, 5.41) is 15.1. The largest absolute Gasteiger partial charge is 0.508 e. The molecule has 11 aromatic rings. The van der Waals surface area contributed by atoms with E-state index in [9.17, 15) is 95.9 Å². The molecule has 0 aliphatic carbocycles. The number of ether oxygens (including phenoxy) is 4. The first-order valence-corrected chi connectivity index (χ1v) is 47.9. The second-order valence-corrected chi connectivity index (χ2v) is 41.5. The standard InChI is InChI=1S/2C18H20BClO3.C16H9F9O5S.C15H10ClN3.C12H24B2O4.C12H10O3.C4ClF9O2S/c2*1-17(2)18(3,4)23-19(22-17)13-5-9-15(10-6-13)21-16-11-7-14(20)8-12-16;17-13(18,15(21,22)23)14(19,20)16(24,25)31(27,28)30-12-7-5-11(6-8-12)29-10-3-1-9(26)2-4-10;16-15-18-13(11-7-3-1-4-8-11)17-14(19-15)12-9-5-2-6-10-12;1-9(2)10(3,4)16-13(15-9)14-17-11(5,6)12(7,8)18-14;13-9-1-5-11(6-2-9)15-12-7-3-10(14)4-8-12;5-17(15,16)4(13,14)2(8,9)1(6,7)3(10,11)12/h2*5-12H,1-4H3;1-8,26H;1-10H;1-8H3;1-8,13-14H;. The van der Waals surface area contributed by atoms with Crippen LogP contribution in [0.4, 0.5) is 79.0 Å². The summed E-state index contributed by atoms with van der Waals surface area (Å²) in [6.07, 6.45) is -14.3. The van der Waals surface area contributed by atoms with Gasteiger partial charge in [-0.25, -0.2) is 13.4 Å². The third-order valence-corrected chi connectivity index (χ3v) is 26.6. The van der Waals surface area contributed by atoms with Gasteiger partial charge < -0.3 is 75.7 Å². The molecule has 1 aromatic heterocycles. The van der Waals surface area contributed by atoms with Gasteiger partial charge in [0, 0.05) is 31.9 Å². The predicted octanol–water partition coefficient (Wildman–Crippen LogP) is 26.2. The van der Waals surface area contributed by atoms with Crippen molar-refractivity contribution in [3.63, 3.8) is 0 Å². The molecule has 0 unspecified atom stereocenters. The zero-order valence-electron chi connectivity index (χ0n) is 79.8. The summed E-state index contributed by atoms with van der Waals surface area (Å²) >= 11 is 17.7. The second-order valence-electron chi connectivity index (χ2n) is 36.1. The fourth-order valence-electron chi connectivity index (χ4n) is 12.0. The summed E-state index contributed by atoms with van der Waals surface area (Å²) in [6.45, 7) is 32.6. The van der Waals surface area contributed by atoms with Crippen molar-refractivity contribution in [2.75, 3.05) is 0 Å². The second kappa shape index (κ2) is 45.0. The first-order chi connectivity index (χ1) is 66.9. The number of aromatic hydroxyl groups is 3. The van der Waals surface area contributed by atoms with Gasteiger partial charge in [0.2, 0.25) is 5.28 Å². The summed E-state index contributed by atoms with van der Waals surface area (Å²) in [5.41, 5.74) is 1.01. The molecular formula is C95H93B4Cl4F18N3O20S2. The number of phenolic OH excluding ortho intramolecular Hbond substituents is 3. The molecule has 4 fully saturated rings. The number of benzene rings is 10. The first kappa shape index (κ1) is 119. The van der Waals surface area contributed by atoms with Gasteiger partial charge in [-0.1, -0.05) is 108 Å². The molecule has 10 aromatic carbocycles. The lowest BCUT2D eigenvalue weighted by molar-refractivity contribution is -0.382. The van der Waals surface area contributed by atoms with E-state index in [1.165, 1.54) is 24.3 Å². The fraction of sp³-hybridized carbons (Fsp3) is 0.337. The van der Waals surface area contributed by atoms with Crippen LogP contribution in [0.15, 0.2) is 255 Å². The van der Waals surface area contributed by atoms with E-state index in [0.29, 0.717) is 45.3 Å². The number of rotatable bonds is 21. The Labute approximate surface area is 849 Å². The van der Waals surface area contributed by atoms with Crippen molar-refractivity contribution in [2.45, 2.75) is 202 Å². The van der Waals surface area contributed by atoms with Crippen LogP contribution in [0.25, 0.3) is 22.8 Å². The SMILES string of the molecule is CC1(C)OB(B2OC(C)(C)C(C)(C)O2)OC1(C)C.CC1(C)OB(c2ccc(Oc3ccc(Cl)cc3)cc2)OC1(C)C.CC1(C)OB(c2ccc(Oc3ccc(Cl)cc3)cc2)OC1(C)C.Clc1nc(-c2ccccc2)nc(-c2ccccc2)n1.O=S(=O)(Cl)C(F)(F)C(F)(F)C(F)(F)C(F)(F)F.O=S(=O)(Oc1ccc(Oc2ccc(O)cc2)cc1)C(F)(F)C(F)(F)C(F)(F)C(F)(F)F.Oc1ccc(Oc2ccc(O)cc2)cc1. The Morgan fingerprint density at radius 2 is 0.493 bits per heavy atom. The van der Waals surface area contributed by atoms with Crippen LogP contribution >= 0.6 is 45.5 Å². The molecule has 51 heteroatoms. The minimum atomic E-state index is -7.39. The highest BCUT2D eigenvalue weighted by atomic mass is 35.7. The van der Waals surface area contributed by atoms with Gasteiger partial charge >= 0.3 is 94.0 Å². The minimum absolute atomic E-state index is 0.0730. The van der Waals surface area contributed by atoms with Crippen LogP contribution in [-0.4, -0.2) is 167 Å². The molecule has 23 nitrogen and oxygen atoms in total. The van der Waals surface area contributed by atoms with Gasteiger partial charge in [0.1, 0.15) is 69.0 Å². The first-order valence-electron chi connectivity index (χ1n) is 43.0. The Morgan fingerprint density at radius 1 is 0.281 bits per heavy atom. The quantitative estimate of drug-likeness (QED) is 0.0261. The van der Waals surface area contributed by atoms with Crippen molar-refractivity contribution in [1.29, 1.82) is 0 Å². The molecule has 0 spiro atoms. The molecule has 5 heterocycles. The third kappa shape index (κ3) is 28.5. The van der Waals surface area contributed by atoms with Crippen molar-refractivity contribution >= 4 is 104 Å². The zero-order valence-corrected chi connectivity index (χ0v) is 84.5. The van der Waals surface area contributed by atoms with Crippen LogP contribution in [-0.2, 0) is 56.4 Å². The highest BCUT2D eigenvalue weighted by Crippen LogP contribution is 2.58. The number of nitrogens with zero attached hydrogens (tertiary/aromatic N) is 3. The van der Waals surface area contributed by atoms with Crippen molar-refractivity contribution in [1.82, 2.24) is 15.0 Å². The molecule has 0 radical (unpaired) electrons. The van der Waals surface area contributed by atoms with Gasteiger partial charge in [-0.2, -0.15) is 97.4 Å². The van der Waals surface area contributed by atoms with Crippen LogP contribution in [0.5, 0.6) is 69.0 Å². The fourth-order valence-corrected chi connectivity index (χ4v) is 14.0. The maximum Gasteiger partial charge on any atom is 0.494 e. The Hall–Kier alpha value is -10.7. The van der Waals surface area contributed by atoms with Crippen LogP contribution < -0.4 is 34.1 Å². The molecule has 0 bridgehead atoms. The van der Waals surface area contributed by atoms with Gasteiger partial charge in [-0.15, -0.1) is 0 Å². The van der Waals surface area contributed by atoms with Gasteiger partial charge in [0.25, 0.3) is 0 Å². The maximum atomic E-state index is 13.6. The van der Waals surface area contributed by atoms with Crippen molar-refractivity contribution in [2.24, 2.45) is 0 Å². The monoisotopic (exact) mass is 2190 g/mol. The molecule has 786 valence electrons. The van der Waals surface area contributed by atoms with E-state index in [1.54, 1.807) is 72.8 Å². The van der Waals surface area contributed by atoms with Crippen molar-refractivity contribution in [3.8, 4) is 91.8 Å². The molecule has 15 rings (SSSR count). The normalized spacial score (nSPS) is 17.1. The Morgan fingerprint density at radius 3 is 0.733 bits per heavy atom. The third-order valence-electron chi connectivity index (χ3n) is 23.2. The van der Waals surface area contributed by atoms with E-state index in [1.807, 2.05) is 244 Å². The van der Waals surface area contributed by atoms with Crippen LogP contribution in [0.2, 0.25) is 15.3 Å². The number of hydrogen-bond acceptors (Lipinski definition) is 23. The van der Waals surface area contributed by atoms with Gasteiger partial charge in [-0.3, -0.25) is 0 Å². The summed E-state index contributed by atoms with van der Waals surface area (Å²) in [6, 6.07) is 70.4. The summed E-state index contributed by atoms with van der Waals surface area (Å²) in [7, 11) is -11.7. The van der Waals surface area contributed by atoms with Gasteiger partial charge in [0.15, 0.2) is 11.6 Å². The highest BCUT2D eigenvalue weighted by Gasteiger charge is 2.87. The molecule has 3 N–H and O–H groups in total. The van der Waals surface area contributed by atoms with E-state index >= 15 is 0 Å². The highest BCUT2D eigenvalue weighted by molar-refractivity contribution is 8.14. The summed E-state index contributed by atoms with van der Waals surface area (Å²) in [5.74, 6) is -24.6. The molecule has 4 aliphatic heterocycles.